The summed E-state index contributed by atoms with van der Waals surface area (Å²) < 4.78 is 28.0. The number of benzene rings is 3. The van der Waals surface area contributed by atoms with Gasteiger partial charge in [0.25, 0.3) is 0 Å². The number of nitrogens with one attached hydrogen (secondary N) is 1. The first-order valence-corrected chi connectivity index (χ1v) is 10.4. The lowest BCUT2D eigenvalue weighted by atomic mass is 10.1. The van der Waals surface area contributed by atoms with Crippen LogP contribution in [-0.2, 0) is 21.4 Å². The molecule has 1 amide bonds. The van der Waals surface area contributed by atoms with E-state index in [4.69, 9.17) is 0 Å². The Hall–Kier alpha value is -2.70. The molecular weight excluding hydrogens is 360 g/mol. The summed E-state index contributed by atoms with van der Waals surface area (Å²) in [7, 11) is -3.63. The minimum atomic E-state index is -3.63. The maximum Gasteiger partial charge on any atom is 0.240 e. The van der Waals surface area contributed by atoms with Gasteiger partial charge in [0.2, 0.25) is 15.9 Å². The fourth-order valence-corrected chi connectivity index (χ4v) is 4.44. The predicted molar refractivity (Wildman–Crippen MR) is 106 cm³/mol. The highest BCUT2D eigenvalue weighted by atomic mass is 32.2. The van der Waals surface area contributed by atoms with Crippen molar-refractivity contribution >= 4 is 32.4 Å². The van der Waals surface area contributed by atoms with Gasteiger partial charge < -0.3 is 4.90 Å². The average Bonchev–Trinajstić information content (AvgIpc) is 3.12. The number of rotatable bonds is 5. The van der Waals surface area contributed by atoms with Crippen molar-refractivity contribution in [2.45, 2.75) is 24.3 Å². The quantitative estimate of drug-likeness (QED) is 0.737. The summed E-state index contributed by atoms with van der Waals surface area (Å²) in [6.45, 7) is 0.903. The van der Waals surface area contributed by atoms with Gasteiger partial charge in [-0.1, -0.05) is 42.5 Å². The number of amides is 1. The summed E-state index contributed by atoms with van der Waals surface area (Å²) >= 11 is 0. The molecule has 1 N–H and O–H groups in total. The minimum absolute atomic E-state index is 0.0830. The summed E-state index contributed by atoms with van der Waals surface area (Å²) in [5.41, 5.74) is 1.67. The van der Waals surface area contributed by atoms with Gasteiger partial charge in [0.05, 0.1) is 4.90 Å². The van der Waals surface area contributed by atoms with E-state index >= 15 is 0 Å². The van der Waals surface area contributed by atoms with Crippen molar-refractivity contribution in [3.8, 4) is 0 Å². The molecule has 5 nitrogen and oxygen atoms in total. The van der Waals surface area contributed by atoms with Crippen LogP contribution in [0.1, 0.15) is 18.4 Å². The van der Waals surface area contributed by atoms with E-state index in [1.807, 2.05) is 42.5 Å². The van der Waals surface area contributed by atoms with Gasteiger partial charge in [-0.3, -0.25) is 4.79 Å². The fourth-order valence-electron chi connectivity index (χ4n) is 3.43. The maximum absolute atomic E-state index is 12.6. The number of anilines is 1. The predicted octanol–water partition coefficient (Wildman–Crippen LogP) is 3.45. The second kappa shape index (κ2) is 7.13. The van der Waals surface area contributed by atoms with E-state index in [1.165, 1.54) is 0 Å². The zero-order valence-corrected chi connectivity index (χ0v) is 15.6. The molecular formula is C21H20N2O3S. The Morgan fingerprint density at radius 2 is 1.67 bits per heavy atom. The van der Waals surface area contributed by atoms with Crippen molar-refractivity contribution < 1.29 is 13.2 Å². The van der Waals surface area contributed by atoms with Gasteiger partial charge in [-0.2, -0.15) is 0 Å². The second-order valence-electron chi connectivity index (χ2n) is 6.61. The lowest BCUT2D eigenvalue weighted by Crippen LogP contribution is -2.25. The molecule has 0 bridgehead atoms. The molecule has 138 valence electrons. The first-order valence-electron chi connectivity index (χ1n) is 8.91. The highest BCUT2D eigenvalue weighted by molar-refractivity contribution is 7.89. The Morgan fingerprint density at radius 3 is 2.41 bits per heavy atom. The molecule has 3 aromatic carbocycles. The van der Waals surface area contributed by atoms with Crippen molar-refractivity contribution in [1.82, 2.24) is 4.72 Å². The average molecular weight is 380 g/mol. The van der Waals surface area contributed by atoms with Crippen molar-refractivity contribution in [2.75, 3.05) is 11.4 Å². The Balaban J connectivity index is 1.52. The molecule has 1 fully saturated rings. The topological polar surface area (TPSA) is 66.5 Å². The van der Waals surface area contributed by atoms with E-state index in [-0.39, 0.29) is 17.3 Å². The standard InChI is InChI=1S/C21H20N2O3S/c24-21-9-4-14-23(21)18-10-12-19(13-11-18)27(25,26)22-15-17-7-3-6-16-5-1-2-8-20(16)17/h1-3,5-8,10-13,22H,4,9,14-15H2. The molecule has 0 atom stereocenters. The molecule has 4 rings (SSSR count). The van der Waals surface area contributed by atoms with Crippen LogP contribution in [-0.4, -0.2) is 20.9 Å². The number of hydrogen-bond acceptors (Lipinski definition) is 3. The zero-order chi connectivity index (χ0) is 18.9. The molecule has 0 radical (unpaired) electrons. The summed E-state index contributed by atoms with van der Waals surface area (Å²) in [5.74, 6) is 0.0830. The second-order valence-corrected chi connectivity index (χ2v) is 8.37. The van der Waals surface area contributed by atoms with Gasteiger partial charge in [-0.05, 0) is 47.0 Å². The van der Waals surface area contributed by atoms with Gasteiger partial charge in [0.1, 0.15) is 0 Å². The van der Waals surface area contributed by atoms with Crippen LogP contribution >= 0.6 is 0 Å². The normalized spacial score (nSPS) is 14.8. The Morgan fingerprint density at radius 1 is 0.926 bits per heavy atom. The van der Waals surface area contributed by atoms with Crippen LogP contribution in [0.25, 0.3) is 10.8 Å². The lowest BCUT2D eigenvalue weighted by molar-refractivity contribution is -0.117. The van der Waals surface area contributed by atoms with Crippen LogP contribution in [0.15, 0.2) is 71.6 Å². The van der Waals surface area contributed by atoms with Gasteiger partial charge in [0.15, 0.2) is 0 Å². The van der Waals surface area contributed by atoms with Crippen molar-refractivity contribution in [3.63, 3.8) is 0 Å². The molecule has 0 aliphatic carbocycles. The van der Waals surface area contributed by atoms with E-state index < -0.39 is 10.0 Å². The zero-order valence-electron chi connectivity index (χ0n) is 14.8. The van der Waals surface area contributed by atoms with Crippen LogP contribution < -0.4 is 9.62 Å². The molecule has 0 spiro atoms. The number of carbonyl (C=O) groups is 1. The highest BCUT2D eigenvalue weighted by Gasteiger charge is 2.22. The van der Waals surface area contributed by atoms with Gasteiger partial charge in [-0.15, -0.1) is 0 Å². The lowest BCUT2D eigenvalue weighted by Gasteiger charge is -2.16. The number of hydrogen-bond donors (Lipinski definition) is 1. The fraction of sp³-hybridized carbons (Fsp3) is 0.190. The van der Waals surface area contributed by atoms with E-state index in [1.54, 1.807) is 29.2 Å². The molecule has 0 unspecified atom stereocenters. The van der Waals surface area contributed by atoms with E-state index in [9.17, 15) is 13.2 Å². The van der Waals surface area contributed by atoms with Crippen LogP contribution in [0.3, 0.4) is 0 Å². The van der Waals surface area contributed by atoms with Crippen molar-refractivity contribution in [3.05, 3.63) is 72.3 Å². The van der Waals surface area contributed by atoms with Gasteiger partial charge >= 0.3 is 0 Å². The largest absolute Gasteiger partial charge is 0.312 e. The first-order chi connectivity index (χ1) is 13.0. The third kappa shape index (κ3) is 3.59. The SMILES string of the molecule is O=C1CCCN1c1ccc(S(=O)(=O)NCc2cccc3ccccc23)cc1. The van der Waals surface area contributed by atoms with Crippen LogP contribution in [0.4, 0.5) is 5.69 Å². The molecule has 6 heteroatoms. The smallest absolute Gasteiger partial charge is 0.240 e. The minimum Gasteiger partial charge on any atom is -0.312 e. The highest BCUT2D eigenvalue weighted by Crippen LogP contribution is 2.23. The molecule has 1 saturated heterocycles. The molecule has 0 aromatic heterocycles. The van der Waals surface area contributed by atoms with E-state index in [2.05, 4.69) is 4.72 Å². The monoisotopic (exact) mass is 380 g/mol. The third-order valence-corrected chi connectivity index (χ3v) is 6.28. The first kappa shape index (κ1) is 17.7. The Kier molecular flexibility index (Phi) is 4.68. The van der Waals surface area contributed by atoms with Crippen LogP contribution in [0.5, 0.6) is 0 Å². The van der Waals surface area contributed by atoms with Gasteiger partial charge in [0, 0.05) is 25.2 Å². The summed E-state index contributed by atoms with van der Waals surface area (Å²) in [6.07, 6.45) is 1.39. The molecule has 1 aliphatic rings. The van der Waals surface area contributed by atoms with Crippen molar-refractivity contribution in [1.29, 1.82) is 0 Å². The summed E-state index contributed by atoms with van der Waals surface area (Å²) in [4.78, 5) is 13.7. The Bertz CT molecular complexity index is 1090. The molecule has 1 heterocycles. The van der Waals surface area contributed by atoms with Crippen LogP contribution in [0, 0.1) is 0 Å². The number of fused-ring (bicyclic) bond motifs is 1. The Labute approximate surface area is 158 Å². The number of nitrogens with zero attached hydrogens (tertiary/aromatic N) is 1. The summed E-state index contributed by atoms with van der Waals surface area (Å²) in [6, 6.07) is 20.2. The number of sulfonamides is 1. The molecule has 0 saturated carbocycles. The third-order valence-electron chi connectivity index (χ3n) is 4.86. The van der Waals surface area contributed by atoms with Gasteiger partial charge in [-0.25, -0.2) is 13.1 Å². The van der Waals surface area contributed by atoms with E-state index in [0.717, 1.165) is 28.4 Å². The molecule has 1 aliphatic heterocycles. The van der Waals surface area contributed by atoms with Crippen molar-refractivity contribution in [2.24, 2.45) is 0 Å². The summed E-state index contributed by atoms with van der Waals surface area (Å²) in [5, 5.41) is 2.11. The molecule has 3 aromatic rings. The maximum atomic E-state index is 12.6. The molecule has 27 heavy (non-hydrogen) atoms. The van der Waals surface area contributed by atoms with Crippen LogP contribution in [0.2, 0.25) is 0 Å². The number of carbonyl (C=O) groups excluding carboxylic acids is 1. The van der Waals surface area contributed by atoms with E-state index in [0.29, 0.717) is 13.0 Å².